The maximum Gasteiger partial charge on any atom is 0.174 e. The van der Waals surface area contributed by atoms with Crippen LogP contribution in [0.1, 0.15) is 5.56 Å². The van der Waals surface area contributed by atoms with Gasteiger partial charge in [-0.25, -0.2) is 13.2 Å². The highest BCUT2D eigenvalue weighted by atomic mass is 19.2. The summed E-state index contributed by atoms with van der Waals surface area (Å²) in [7, 11) is 0. The van der Waals surface area contributed by atoms with E-state index in [1.807, 2.05) is 6.07 Å². The first kappa shape index (κ1) is 14.7. The maximum absolute atomic E-state index is 13.4. The molecule has 3 nitrogen and oxygen atoms in total. The van der Waals surface area contributed by atoms with Crippen molar-refractivity contribution >= 4 is 5.69 Å². The topological polar surface area (TPSA) is 45.0 Å². The van der Waals surface area contributed by atoms with Crippen molar-refractivity contribution in [1.82, 2.24) is 0 Å². The third kappa shape index (κ3) is 3.89. The number of hydrogen-bond acceptors (Lipinski definition) is 3. The second-order valence-electron chi connectivity index (χ2n) is 4.19. The monoisotopic (exact) mass is 292 g/mol. The molecule has 0 aromatic heterocycles. The van der Waals surface area contributed by atoms with Gasteiger partial charge >= 0.3 is 0 Å². The first-order chi connectivity index (χ1) is 10.1. The second-order valence-corrected chi connectivity index (χ2v) is 4.19. The molecule has 0 amide bonds. The number of rotatable bonds is 5. The Hall–Kier alpha value is -2.68. The van der Waals surface area contributed by atoms with E-state index in [2.05, 4.69) is 5.32 Å². The van der Waals surface area contributed by atoms with Gasteiger partial charge in [-0.05, 0) is 17.7 Å². The van der Waals surface area contributed by atoms with Gasteiger partial charge in [0.25, 0.3) is 0 Å². The number of hydrogen-bond donors (Lipinski definition) is 1. The minimum Gasteiger partial charge on any atom is -0.479 e. The SMILES string of the molecule is N#CCOc1cccc(CNc2cc(F)c(F)cc2F)c1. The molecule has 0 saturated heterocycles. The van der Waals surface area contributed by atoms with Gasteiger partial charge in [-0.1, -0.05) is 12.1 Å². The molecule has 0 unspecified atom stereocenters. The van der Waals surface area contributed by atoms with Gasteiger partial charge in [0.1, 0.15) is 17.6 Å². The second kappa shape index (κ2) is 6.66. The molecule has 0 aliphatic heterocycles. The highest BCUT2D eigenvalue weighted by molar-refractivity contribution is 5.46. The van der Waals surface area contributed by atoms with E-state index in [-0.39, 0.29) is 18.8 Å². The predicted octanol–water partition coefficient (Wildman–Crippen LogP) is 3.62. The summed E-state index contributed by atoms with van der Waals surface area (Å²) in [6.45, 7) is 0.125. The summed E-state index contributed by atoms with van der Waals surface area (Å²) in [4.78, 5) is 0. The van der Waals surface area contributed by atoms with E-state index >= 15 is 0 Å². The number of anilines is 1. The predicted molar refractivity (Wildman–Crippen MR) is 71.2 cm³/mol. The Labute approximate surface area is 119 Å². The van der Waals surface area contributed by atoms with E-state index in [0.29, 0.717) is 11.8 Å². The van der Waals surface area contributed by atoms with Gasteiger partial charge in [0.05, 0.1) is 5.69 Å². The van der Waals surface area contributed by atoms with Gasteiger partial charge in [0.2, 0.25) is 0 Å². The number of ether oxygens (including phenoxy) is 1. The van der Waals surface area contributed by atoms with Gasteiger partial charge in [-0.2, -0.15) is 5.26 Å². The van der Waals surface area contributed by atoms with E-state index in [4.69, 9.17) is 10.00 Å². The van der Waals surface area contributed by atoms with Gasteiger partial charge in [0.15, 0.2) is 18.2 Å². The van der Waals surface area contributed by atoms with Crippen molar-refractivity contribution in [1.29, 1.82) is 5.26 Å². The molecule has 108 valence electrons. The zero-order chi connectivity index (χ0) is 15.2. The minimum atomic E-state index is -1.23. The highest BCUT2D eigenvalue weighted by Gasteiger charge is 2.09. The van der Waals surface area contributed by atoms with Crippen LogP contribution in [0.5, 0.6) is 5.75 Å². The third-order valence-electron chi connectivity index (χ3n) is 2.69. The van der Waals surface area contributed by atoms with E-state index in [9.17, 15) is 13.2 Å². The van der Waals surface area contributed by atoms with Crippen LogP contribution in [0.2, 0.25) is 0 Å². The zero-order valence-electron chi connectivity index (χ0n) is 10.9. The lowest BCUT2D eigenvalue weighted by molar-refractivity contribution is 0.368. The van der Waals surface area contributed by atoms with Crippen LogP contribution in [0.4, 0.5) is 18.9 Å². The standard InChI is InChI=1S/C15H11F3N2O/c16-12-7-14(18)15(8-13(12)17)20-9-10-2-1-3-11(6-10)21-5-4-19/h1-3,6-8,20H,5,9H2. The van der Waals surface area contributed by atoms with Gasteiger partial charge in [-0.3, -0.25) is 0 Å². The Morgan fingerprint density at radius 3 is 2.57 bits per heavy atom. The Kier molecular flexibility index (Phi) is 4.67. The molecule has 2 aromatic rings. The van der Waals surface area contributed by atoms with Crippen molar-refractivity contribution in [2.45, 2.75) is 6.54 Å². The molecule has 1 N–H and O–H groups in total. The fourth-order valence-electron chi connectivity index (χ4n) is 1.72. The van der Waals surface area contributed by atoms with Crippen molar-refractivity contribution in [3.8, 4) is 11.8 Å². The van der Waals surface area contributed by atoms with Crippen LogP contribution in [0, 0.1) is 28.8 Å². The van der Waals surface area contributed by atoms with Gasteiger partial charge in [-0.15, -0.1) is 0 Å². The average Bonchev–Trinajstić information content (AvgIpc) is 2.48. The number of nitrogens with one attached hydrogen (secondary N) is 1. The molecule has 0 spiro atoms. The fourth-order valence-corrected chi connectivity index (χ4v) is 1.72. The van der Waals surface area contributed by atoms with Crippen LogP contribution in [0.25, 0.3) is 0 Å². The number of halogens is 3. The number of nitrogens with zero attached hydrogens (tertiary/aromatic N) is 1. The molecule has 0 radical (unpaired) electrons. The molecule has 0 aliphatic rings. The van der Waals surface area contributed by atoms with Crippen LogP contribution in [0.3, 0.4) is 0 Å². The first-order valence-corrected chi connectivity index (χ1v) is 6.07. The van der Waals surface area contributed by atoms with Crippen molar-refractivity contribution in [3.05, 3.63) is 59.4 Å². The van der Waals surface area contributed by atoms with E-state index < -0.39 is 17.5 Å². The number of nitriles is 1. The molecule has 6 heteroatoms. The highest BCUT2D eigenvalue weighted by Crippen LogP contribution is 2.20. The Bertz CT molecular complexity index is 683. The van der Waals surface area contributed by atoms with Gasteiger partial charge in [0, 0.05) is 18.7 Å². The van der Waals surface area contributed by atoms with Crippen LogP contribution in [-0.4, -0.2) is 6.61 Å². The molecular formula is C15H11F3N2O. The summed E-state index contributed by atoms with van der Waals surface area (Å²) in [6.07, 6.45) is 0. The van der Waals surface area contributed by atoms with Gasteiger partial charge < -0.3 is 10.1 Å². The molecule has 2 aromatic carbocycles. The van der Waals surface area contributed by atoms with Crippen molar-refractivity contribution in [3.63, 3.8) is 0 Å². The molecule has 0 fully saturated rings. The Balaban J connectivity index is 2.06. The lowest BCUT2D eigenvalue weighted by Crippen LogP contribution is -2.03. The molecule has 0 atom stereocenters. The maximum atomic E-state index is 13.4. The third-order valence-corrected chi connectivity index (χ3v) is 2.69. The summed E-state index contributed by atoms with van der Waals surface area (Å²) < 4.78 is 44.4. The lowest BCUT2D eigenvalue weighted by atomic mass is 10.2. The molecule has 0 bridgehead atoms. The molecule has 21 heavy (non-hydrogen) atoms. The van der Waals surface area contributed by atoms with Crippen LogP contribution in [-0.2, 0) is 6.54 Å². The molecule has 0 saturated carbocycles. The van der Waals surface area contributed by atoms with Crippen LogP contribution >= 0.6 is 0 Å². The van der Waals surface area contributed by atoms with E-state index in [0.717, 1.165) is 11.6 Å². The van der Waals surface area contributed by atoms with Crippen molar-refractivity contribution < 1.29 is 17.9 Å². The quantitative estimate of drug-likeness (QED) is 0.856. The summed E-state index contributed by atoms with van der Waals surface area (Å²) in [5, 5.41) is 11.1. The van der Waals surface area contributed by atoms with Crippen molar-refractivity contribution in [2.75, 3.05) is 11.9 Å². The molecule has 0 aliphatic carbocycles. The van der Waals surface area contributed by atoms with E-state index in [1.165, 1.54) is 0 Å². The fraction of sp³-hybridized carbons (Fsp3) is 0.133. The van der Waals surface area contributed by atoms with Crippen LogP contribution < -0.4 is 10.1 Å². The van der Waals surface area contributed by atoms with Crippen molar-refractivity contribution in [2.24, 2.45) is 0 Å². The largest absolute Gasteiger partial charge is 0.479 e. The summed E-state index contributed by atoms with van der Waals surface area (Å²) in [5.41, 5.74) is 0.617. The summed E-state index contributed by atoms with van der Waals surface area (Å²) >= 11 is 0. The molecule has 2 rings (SSSR count). The minimum absolute atomic E-state index is 0.0747. The summed E-state index contributed by atoms with van der Waals surface area (Å²) in [6, 6.07) is 9.92. The van der Waals surface area contributed by atoms with E-state index in [1.54, 1.807) is 24.3 Å². The van der Waals surface area contributed by atoms with Crippen LogP contribution in [0.15, 0.2) is 36.4 Å². The Morgan fingerprint density at radius 2 is 1.81 bits per heavy atom. The molecule has 0 heterocycles. The number of benzene rings is 2. The first-order valence-electron chi connectivity index (χ1n) is 6.07. The normalized spacial score (nSPS) is 10.0. The molecular weight excluding hydrogens is 281 g/mol. The summed E-state index contributed by atoms with van der Waals surface area (Å²) in [5.74, 6) is -2.72. The zero-order valence-corrected chi connectivity index (χ0v) is 10.9. The lowest BCUT2D eigenvalue weighted by Gasteiger charge is -2.09. The Morgan fingerprint density at radius 1 is 1.05 bits per heavy atom. The average molecular weight is 292 g/mol. The smallest absolute Gasteiger partial charge is 0.174 e.